The predicted molar refractivity (Wildman–Crippen MR) is 84.1 cm³/mol. The molecule has 2 unspecified atom stereocenters. The summed E-state index contributed by atoms with van der Waals surface area (Å²) in [5.41, 5.74) is 0. The molecule has 1 amide bonds. The van der Waals surface area contributed by atoms with Crippen molar-refractivity contribution < 1.29 is 17.9 Å². The number of carbonyl (C=O) groups excluding carboxylic acids is 1. The molecule has 116 valence electrons. The van der Waals surface area contributed by atoms with Crippen molar-refractivity contribution in [1.82, 2.24) is 4.90 Å². The van der Waals surface area contributed by atoms with Gasteiger partial charge in [0.15, 0.2) is 15.9 Å². The maximum atomic E-state index is 12.3. The van der Waals surface area contributed by atoms with Crippen LogP contribution >= 0.6 is 15.9 Å². The molecule has 1 aliphatic rings. The second-order valence-electron chi connectivity index (χ2n) is 5.22. The Hall–Kier alpha value is -1.08. The molecule has 1 aliphatic heterocycles. The molecule has 1 fully saturated rings. The van der Waals surface area contributed by atoms with E-state index in [1.807, 2.05) is 12.1 Å². The number of halogens is 1. The van der Waals surface area contributed by atoms with Crippen LogP contribution in [0.5, 0.6) is 5.75 Å². The fourth-order valence-corrected chi connectivity index (χ4v) is 4.35. The van der Waals surface area contributed by atoms with Gasteiger partial charge in [-0.05, 0) is 37.6 Å². The molecular formula is C14H18BrNO4S. The van der Waals surface area contributed by atoms with Gasteiger partial charge in [0, 0.05) is 17.6 Å². The molecule has 0 radical (unpaired) electrons. The number of amides is 1. The van der Waals surface area contributed by atoms with E-state index in [-0.39, 0.29) is 23.5 Å². The molecule has 0 bridgehead atoms. The Balaban J connectivity index is 1.97. The Morgan fingerprint density at radius 1 is 1.38 bits per heavy atom. The molecule has 5 nitrogen and oxygen atoms in total. The van der Waals surface area contributed by atoms with E-state index in [4.69, 9.17) is 4.74 Å². The third-order valence-corrected chi connectivity index (χ3v) is 5.86. The summed E-state index contributed by atoms with van der Waals surface area (Å²) in [5.74, 6) is 0.587. The van der Waals surface area contributed by atoms with Crippen molar-refractivity contribution in [3.63, 3.8) is 0 Å². The zero-order valence-corrected chi connectivity index (χ0v) is 14.4. The maximum absolute atomic E-state index is 12.3. The molecule has 21 heavy (non-hydrogen) atoms. The van der Waals surface area contributed by atoms with Crippen LogP contribution in [0.1, 0.15) is 13.3 Å². The van der Waals surface area contributed by atoms with Gasteiger partial charge in [-0.1, -0.05) is 15.9 Å². The molecule has 2 rings (SSSR count). The van der Waals surface area contributed by atoms with Crippen LogP contribution in [-0.2, 0) is 14.6 Å². The van der Waals surface area contributed by atoms with Crippen LogP contribution in [0.3, 0.4) is 0 Å². The first-order valence-electron chi connectivity index (χ1n) is 6.68. The molecule has 1 saturated heterocycles. The van der Waals surface area contributed by atoms with E-state index in [1.165, 1.54) is 4.90 Å². The fraction of sp³-hybridized carbons (Fsp3) is 0.500. The second kappa shape index (κ2) is 6.36. The highest BCUT2D eigenvalue weighted by Gasteiger charge is 2.34. The minimum atomic E-state index is -3.00. The standard InChI is InChI=1S/C14H18BrNO4S/c1-10(20-13-5-3-11(15)4-6-13)14(17)16(2)12-7-8-21(18,19)9-12/h3-6,10,12H,7-9H2,1-2H3. The lowest BCUT2D eigenvalue weighted by molar-refractivity contribution is -0.138. The molecule has 0 aromatic heterocycles. The third kappa shape index (κ3) is 4.20. The van der Waals surface area contributed by atoms with Gasteiger partial charge in [0.05, 0.1) is 11.5 Å². The van der Waals surface area contributed by atoms with Crippen LogP contribution in [0.2, 0.25) is 0 Å². The van der Waals surface area contributed by atoms with Gasteiger partial charge < -0.3 is 9.64 Å². The molecule has 2 atom stereocenters. The number of nitrogens with zero attached hydrogens (tertiary/aromatic N) is 1. The Bertz CT molecular complexity index is 614. The molecule has 1 aromatic rings. The lowest BCUT2D eigenvalue weighted by atomic mass is 10.2. The highest BCUT2D eigenvalue weighted by molar-refractivity contribution is 9.10. The first-order valence-corrected chi connectivity index (χ1v) is 9.29. The van der Waals surface area contributed by atoms with Crippen molar-refractivity contribution in [2.24, 2.45) is 0 Å². The van der Waals surface area contributed by atoms with Crippen molar-refractivity contribution in [2.75, 3.05) is 18.6 Å². The van der Waals surface area contributed by atoms with Crippen molar-refractivity contribution in [2.45, 2.75) is 25.5 Å². The normalized spacial score (nSPS) is 21.8. The van der Waals surface area contributed by atoms with Gasteiger partial charge in [0.2, 0.25) is 0 Å². The van der Waals surface area contributed by atoms with Crippen molar-refractivity contribution in [3.05, 3.63) is 28.7 Å². The monoisotopic (exact) mass is 375 g/mol. The molecule has 0 aliphatic carbocycles. The van der Waals surface area contributed by atoms with Gasteiger partial charge in [0.25, 0.3) is 5.91 Å². The van der Waals surface area contributed by atoms with Gasteiger partial charge in [-0.15, -0.1) is 0 Å². The van der Waals surface area contributed by atoms with Crippen LogP contribution in [0.25, 0.3) is 0 Å². The van der Waals surface area contributed by atoms with E-state index >= 15 is 0 Å². The van der Waals surface area contributed by atoms with E-state index in [0.717, 1.165) is 4.47 Å². The topological polar surface area (TPSA) is 63.7 Å². The molecule has 0 N–H and O–H groups in total. The third-order valence-electron chi connectivity index (χ3n) is 3.58. The minimum absolute atomic E-state index is 0.0419. The van der Waals surface area contributed by atoms with Crippen LogP contribution < -0.4 is 4.74 Å². The fourth-order valence-electron chi connectivity index (χ4n) is 2.32. The summed E-state index contributed by atoms with van der Waals surface area (Å²) >= 11 is 3.33. The first-order chi connectivity index (χ1) is 9.78. The summed E-state index contributed by atoms with van der Waals surface area (Å²) in [4.78, 5) is 13.8. The zero-order valence-electron chi connectivity index (χ0n) is 12.0. The highest BCUT2D eigenvalue weighted by Crippen LogP contribution is 2.20. The lowest BCUT2D eigenvalue weighted by Crippen LogP contribution is -2.44. The van der Waals surface area contributed by atoms with Crippen LogP contribution in [0, 0.1) is 0 Å². The van der Waals surface area contributed by atoms with Crippen LogP contribution in [-0.4, -0.2) is 49.9 Å². The number of rotatable bonds is 4. The summed E-state index contributed by atoms with van der Waals surface area (Å²) < 4.78 is 29.5. The Morgan fingerprint density at radius 3 is 2.52 bits per heavy atom. The van der Waals surface area contributed by atoms with Gasteiger partial charge in [-0.25, -0.2) is 8.42 Å². The lowest BCUT2D eigenvalue weighted by Gasteiger charge is -2.26. The molecule has 0 spiro atoms. The van der Waals surface area contributed by atoms with Gasteiger partial charge in [-0.2, -0.15) is 0 Å². The molecule has 0 saturated carbocycles. The average Bonchev–Trinajstić information content (AvgIpc) is 2.80. The summed E-state index contributed by atoms with van der Waals surface area (Å²) in [6.07, 6.45) is -0.158. The largest absolute Gasteiger partial charge is 0.481 e. The van der Waals surface area contributed by atoms with Crippen molar-refractivity contribution in [3.8, 4) is 5.75 Å². The smallest absolute Gasteiger partial charge is 0.263 e. The quantitative estimate of drug-likeness (QED) is 0.805. The van der Waals surface area contributed by atoms with Crippen molar-refractivity contribution >= 4 is 31.7 Å². The van der Waals surface area contributed by atoms with Gasteiger partial charge >= 0.3 is 0 Å². The number of carbonyl (C=O) groups is 1. The Morgan fingerprint density at radius 2 is 2.00 bits per heavy atom. The number of benzene rings is 1. The Labute approximate surface area is 133 Å². The van der Waals surface area contributed by atoms with Gasteiger partial charge in [0.1, 0.15) is 5.75 Å². The van der Waals surface area contributed by atoms with Crippen LogP contribution in [0.15, 0.2) is 28.7 Å². The van der Waals surface area contributed by atoms with E-state index in [2.05, 4.69) is 15.9 Å². The minimum Gasteiger partial charge on any atom is -0.481 e. The van der Waals surface area contributed by atoms with Gasteiger partial charge in [-0.3, -0.25) is 4.79 Å². The number of hydrogen-bond donors (Lipinski definition) is 0. The number of sulfone groups is 1. The van der Waals surface area contributed by atoms with Crippen LogP contribution in [0.4, 0.5) is 0 Å². The molecular weight excluding hydrogens is 358 g/mol. The highest BCUT2D eigenvalue weighted by atomic mass is 79.9. The zero-order chi connectivity index (χ0) is 15.6. The first kappa shape index (κ1) is 16.3. The SMILES string of the molecule is CC(Oc1ccc(Br)cc1)C(=O)N(C)C1CCS(=O)(=O)C1. The number of hydrogen-bond acceptors (Lipinski definition) is 4. The van der Waals surface area contributed by atoms with Crippen molar-refractivity contribution in [1.29, 1.82) is 0 Å². The molecule has 1 aromatic carbocycles. The summed E-state index contributed by atoms with van der Waals surface area (Å²) in [5, 5.41) is 0. The molecule has 7 heteroatoms. The van der Waals surface area contributed by atoms with E-state index in [0.29, 0.717) is 12.2 Å². The summed E-state index contributed by atoms with van der Waals surface area (Å²) in [7, 11) is -1.37. The van der Waals surface area contributed by atoms with E-state index in [9.17, 15) is 13.2 Å². The van der Waals surface area contributed by atoms with E-state index < -0.39 is 15.9 Å². The number of likely N-dealkylation sites (N-methyl/N-ethyl adjacent to an activating group) is 1. The second-order valence-corrected chi connectivity index (χ2v) is 8.36. The summed E-state index contributed by atoms with van der Waals surface area (Å²) in [6.45, 7) is 1.67. The molecule has 1 heterocycles. The average molecular weight is 376 g/mol. The number of ether oxygens (including phenoxy) is 1. The summed E-state index contributed by atoms with van der Waals surface area (Å²) in [6, 6.07) is 6.96. The Kier molecular flexibility index (Phi) is 4.93. The maximum Gasteiger partial charge on any atom is 0.263 e. The van der Waals surface area contributed by atoms with E-state index in [1.54, 1.807) is 26.1 Å². The predicted octanol–water partition coefficient (Wildman–Crippen LogP) is 1.86.